The summed E-state index contributed by atoms with van der Waals surface area (Å²) in [7, 11) is 0. The average molecular weight is 388 g/mol. The molecule has 144 valence electrons. The summed E-state index contributed by atoms with van der Waals surface area (Å²) in [6.07, 6.45) is 1.70. The lowest BCUT2D eigenvalue weighted by molar-refractivity contribution is -0.385. The summed E-state index contributed by atoms with van der Waals surface area (Å²) in [4.78, 5) is 37.1. The first kappa shape index (κ1) is 17.4. The monoisotopic (exact) mass is 388 g/mol. The van der Waals surface area contributed by atoms with E-state index in [2.05, 4.69) is 5.32 Å². The normalized spacial score (nSPS) is 18.2. The number of anilines is 1. The third-order valence-electron chi connectivity index (χ3n) is 5.60. The van der Waals surface area contributed by atoms with Crippen LogP contribution in [0.25, 0.3) is 11.0 Å². The number of hydrogen-bond donors (Lipinski definition) is 1. The first-order valence-electron chi connectivity index (χ1n) is 9.38. The molecule has 1 N–H and O–H groups in total. The van der Waals surface area contributed by atoms with Gasteiger partial charge in [-0.2, -0.15) is 0 Å². The third-order valence-corrected chi connectivity index (χ3v) is 5.60. The van der Waals surface area contributed by atoms with Gasteiger partial charge in [-0.3, -0.25) is 14.9 Å². The number of carbonyl (C=O) groups excluding carboxylic acids is 1. The van der Waals surface area contributed by atoms with Gasteiger partial charge in [0.15, 0.2) is 5.78 Å². The van der Waals surface area contributed by atoms with Crippen LogP contribution in [0.5, 0.6) is 0 Å². The van der Waals surface area contributed by atoms with Gasteiger partial charge in [-0.15, -0.1) is 0 Å². The number of nitro benzene ring substituents is 1. The van der Waals surface area contributed by atoms with Crippen molar-refractivity contribution in [1.82, 2.24) is 0 Å². The number of fused-ring (bicyclic) bond motifs is 3. The minimum absolute atomic E-state index is 0.0971. The molecule has 0 saturated carbocycles. The van der Waals surface area contributed by atoms with Crippen molar-refractivity contribution in [2.45, 2.75) is 25.2 Å². The second kappa shape index (κ2) is 6.41. The third kappa shape index (κ3) is 2.58. The molecule has 2 heterocycles. The first-order valence-corrected chi connectivity index (χ1v) is 9.38. The summed E-state index contributed by atoms with van der Waals surface area (Å²) in [5, 5.41) is 15.7. The Morgan fingerprint density at radius 1 is 1.03 bits per heavy atom. The number of nitrogens with zero attached hydrogens (tertiary/aromatic N) is 1. The zero-order valence-electron chi connectivity index (χ0n) is 15.3. The number of nitrogens with one attached hydrogen (secondary N) is 1. The quantitative estimate of drug-likeness (QED) is 0.400. The van der Waals surface area contributed by atoms with Crippen LogP contribution in [0, 0.1) is 10.1 Å². The molecule has 1 aromatic heterocycles. The van der Waals surface area contributed by atoms with Crippen LogP contribution in [0.3, 0.4) is 0 Å². The number of carbonyl (C=O) groups is 1. The second-order valence-electron chi connectivity index (χ2n) is 7.22. The standard InChI is InChI=1S/C22H16N2O5/c25-16-10-5-8-14-19(16)18(12-6-1-3-9-15(12)24(27)28)20-21(23-14)13-7-2-4-11-17(13)29-22(20)26/h1-4,6-7,9,11,18,23H,5,8,10H2. The number of hydrogen-bond acceptors (Lipinski definition) is 6. The fourth-order valence-electron chi connectivity index (χ4n) is 4.39. The van der Waals surface area contributed by atoms with Gasteiger partial charge < -0.3 is 9.73 Å². The van der Waals surface area contributed by atoms with E-state index >= 15 is 0 Å². The van der Waals surface area contributed by atoms with Crippen LogP contribution < -0.4 is 10.9 Å². The summed E-state index contributed by atoms with van der Waals surface area (Å²) in [5.74, 6) is -0.934. The van der Waals surface area contributed by atoms with Crippen LogP contribution in [0.1, 0.15) is 36.3 Å². The molecule has 1 unspecified atom stereocenters. The fourth-order valence-corrected chi connectivity index (χ4v) is 4.39. The Morgan fingerprint density at radius 2 is 1.79 bits per heavy atom. The average Bonchev–Trinajstić information content (AvgIpc) is 2.72. The van der Waals surface area contributed by atoms with E-state index in [-0.39, 0.29) is 17.0 Å². The maximum absolute atomic E-state index is 13.0. The van der Waals surface area contributed by atoms with Crippen LogP contribution >= 0.6 is 0 Å². The van der Waals surface area contributed by atoms with Crippen molar-refractivity contribution >= 4 is 28.1 Å². The lowest BCUT2D eigenvalue weighted by Gasteiger charge is -2.33. The number of para-hydroxylation sites is 2. The van der Waals surface area contributed by atoms with Crippen LogP contribution in [-0.4, -0.2) is 10.7 Å². The van der Waals surface area contributed by atoms with Crippen molar-refractivity contribution in [3.63, 3.8) is 0 Å². The van der Waals surface area contributed by atoms with Crippen LogP contribution in [-0.2, 0) is 4.79 Å². The molecule has 29 heavy (non-hydrogen) atoms. The fraction of sp³-hybridized carbons (Fsp3) is 0.182. The first-order chi connectivity index (χ1) is 14.1. The van der Waals surface area contributed by atoms with E-state index < -0.39 is 16.5 Å². The van der Waals surface area contributed by atoms with E-state index in [9.17, 15) is 19.7 Å². The number of benzene rings is 2. The molecular formula is C22H16N2O5. The molecule has 1 atom stereocenters. The number of rotatable bonds is 2. The van der Waals surface area contributed by atoms with E-state index in [1.807, 2.05) is 12.1 Å². The maximum atomic E-state index is 13.0. The Balaban J connectivity index is 1.89. The molecule has 0 fully saturated rings. The van der Waals surface area contributed by atoms with E-state index in [1.54, 1.807) is 30.3 Å². The number of allylic oxidation sites excluding steroid dienone is 2. The van der Waals surface area contributed by atoms with Crippen molar-refractivity contribution in [2.24, 2.45) is 0 Å². The van der Waals surface area contributed by atoms with Crippen molar-refractivity contribution in [3.8, 4) is 0 Å². The molecule has 0 amide bonds. The number of nitro groups is 1. The summed E-state index contributed by atoms with van der Waals surface area (Å²) in [6, 6.07) is 13.4. The summed E-state index contributed by atoms with van der Waals surface area (Å²) < 4.78 is 5.53. The van der Waals surface area contributed by atoms with Crippen molar-refractivity contribution < 1.29 is 14.1 Å². The Kier molecular flexibility index (Phi) is 3.84. The molecule has 0 bridgehead atoms. The SMILES string of the molecule is O=C1CCCC2=C1C(c1ccccc1[N+](=O)[O-])c1c(c3ccccc3oc1=O)N2. The van der Waals surface area contributed by atoms with Crippen LogP contribution in [0.2, 0.25) is 0 Å². The van der Waals surface area contributed by atoms with Gasteiger partial charge in [0.05, 0.1) is 22.1 Å². The topological polar surface area (TPSA) is 102 Å². The molecule has 2 aromatic carbocycles. The Morgan fingerprint density at radius 3 is 2.62 bits per heavy atom. The van der Waals surface area contributed by atoms with Gasteiger partial charge in [-0.1, -0.05) is 30.3 Å². The maximum Gasteiger partial charge on any atom is 0.342 e. The number of Topliss-reactive ketones (excluding diaryl/α,β-unsaturated/α-hetero) is 1. The van der Waals surface area contributed by atoms with Crippen molar-refractivity contribution in [3.05, 3.63) is 91.5 Å². The molecule has 7 heteroatoms. The Hall–Kier alpha value is -3.74. The largest absolute Gasteiger partial charge is 0.422 e. The molecule has 0 saturated heterocycles. The van der Waals surface area contributed by atoms with Gasteiger partial charge in [-0.25, -0.2) is 4.79 Å². The van der Waals surface area contributed by atoms with E-state index in [4.69, 9.17) is 4.42 Å². The van der Waals surface area contributed by atoms with E-state index in [0.717, 1.165) is 5.70 Å². The Labute approximate surface area is 164 Å². The molecule has 7 nitrogen and oxygen atoms in total. The minimum Gasteiger partial charge on any atom is -0.422 e. The van der Waals surface area contributed by atoms with Gasteiger partial charge in [0.25, 0.3) is 5.69 Å². The van der Waals surface area contributed by atoms with Crippen LogP contribution in [0.15, 0.2) is 69.0 Å². The molecule has 0 spiro atoms. The van der Waals surface area contributed by atoms with E-state index in [1.165, 1.54) is 6.07 Å². The summed E-state index contributed by atoms with van der Waals surface area (Å²) in [6.45, 7) is 0. The molecule has 5 rings (SSSR count). The highest BCUT2D eigenvalue weighted by Crippen LogP contribution is 2.47. The van der Waals surface area contributed by atoms with Gasteiger partial charge in [0.1, 0.15) is 5.58 Å². The number of ketones is 1. The Bertz CT molecular complexity index is 1290. The molecule has 1 aliphatic carbocycles. The van der Waals surface area contributed by atoms with Gasteiger partial charge >= 0.3 is 5.63 Å². The highest BCUT2D eigenvalue weighted by molar-refractivity contribution is 6.03. The molecular weight excluding hydrogens is 372 g/mol. The predicted molar refractivity (Wildman–Crippen MR) is 107 cm³/mol. The summed E-state index contributed by atoms with van der Waals surface area (Å²) >= 11 is 0. The van der Waals surface area contributed by atoms with Crippen LogP contribution in [0.4, 0.5) is 11.4 Å². The smallest absolute Gasteiger partial charge is 0.342 e. The molecule has 2 aliphatic rings. The highest BCUT2D eigenvalue weighted by Gasteiger charge is 2.40. The van der Waals surface area contributed by atoms with Gasteiger partial charge in [-0.05, 0) is 25.0 Å². The molecule has 3 aromatic rings. The lowest BCUT2D eigenvalue weighted by atomic mass is 9.75. The molecule has 1 aliphatic heterocycles. The zero-order valence-corrected chi connectivity index (χ0v) is 15.3. The van der Waals surface area contributed by atoms with Gasteiger partial charge in [0.2, 0.25) is 0 Å². The zero-order chi connectivity index (χ0) is 20.1. The highest BCUT2D eigenvalue weighted by atomic mass is 16.6. The van der Waals surface area contributed by atoms with Crippen molar-refractivity contribution in [2.75, 3.05) is 5.32 Å². The van der Waals surface area contributed by atoms with Crippen molar-refractivity contribution in [1.29, 1.82) is 0 Å². The predicted octanol–water partition coefficient (Wildman–Crippen LogP) is 4.27. The molecule has 0 radical (unpaired) electrons. The lowest BCUT2D eigenvalue weighted by Crippen LogP contribution is -2.31. The minimum atomic E-state index is -0.837. The summed E-state index contributed by atoms with van der Waals surface area (Å²) in [5.41, 5.74) is 2.00. The van der Waals surface area contributed by atoms with Gasteiger partial charge in [0, 0.05) is 34.7 Å². The van der Waals surface area contributed by atoms with E-state index in [0.29, 0.717) is 47.1 Å². The second-order valence-corrected chi connectivity index (χ2v) is 7.22.